The first-order chi connectivity index (χ1) is 9.10. The predicted molar refractivity (Wildman–Crippen MR) is 77.5 cm³/mol. The number of hydrogen-bond acceptors (Lipinski definition) is 4. The SMILES string of the molecule is COc1cc2c(Cl)nc(Cl)nc2c(OC2CC2)c1Br. The number of nitrogens with zero attached hydrogens (tertiary/aromatic N) is 2. The number of methoxy groups -OCH3 is 1. The van der Waals surface area contributed by atoms with E-state index in [0.29, 0.717) is 26.9 Å². The first-order valence-electron chi connectivity index (χ1n) is 5.66. The summed E-state index contributed by atoms with van der Waals surface area (Å²) in [5, 5.41) is 1.03. The number of hydrogen-bond donors (Lipinski definition) is 0. The maximum absolute atomic E-state index is 6.11. The Labute approximate surface area is 128 Å². The van der Waals surface area contributed by atoms with Crippen LogP contribution in [0.5, 0.6) is 11.5 Å². The Kier molecular flexibility index (Phi) is 3.45. The lowest BCUT2D eigenvalue weighted by atomic mass is 10.2. The van der Waals surface area contributed by atoms with E-state index < -0.39 is 0 Å². The number of fused-ring (bicyclic) bond motifs is 1. The molecule has 0 N–H and O–H groups in total. The van der Waals surface area contributed by atoms with Gasteiger partial charge in [-0.05, 0) is 46.4 Å². The van der Waals surface area contributed by atoms with Crippen molar-refractivity contribution in [2.75, 3.05) is 7.11 Å². The second kappa shape index (κ2) is 4.96. The number of rotatable bonds is 3. The molecule has 0 aliphatic heterocycles. The number of ether oxygens (including phenoxy) is 2. The summed E-state index contributed by atoms with van der Waals surface area (Å²) in [4.78, 5) is 8.15. The van der Waals surface area contributed by atoms with Crippen molar-refractivity contribution in [3.8, 4) is 11.5 Å². The minimum atomic E-state index is 0.0928. The van der Waals surface area contributed by atoms with Gasteiger partial charge in [-0.3, -0.25) is 0 Å². The maximum Gasteiger partial charge on any atom is 0.224 e. The minimum Gasteiger partial charge on any atom is -0.495 e. The van der Waals surface area contributed by atoms with Crippen LogP contribution in [0.25, 0.3) is 10.9 Å². The van der Waals surface area contributed by atoms with E-state index in [2.05, 4.69) is 25.9 Å². The molecule has 0 saturated heterocycles. The summed E-state index contributed by atoms with van der Waals surface area (Å²) in [7, 11) is 1.58. The van der Waals surface area contributed by atoms with Crippen LogP contribution in [0.4, 0.5) is 0 Å². The fourth-order valence-electron chi connectivity index (χ4n) is 1.74. The van der Waals surface area contributed by atoms with Gasteiger partial charge in [-0.15, -0.1) is 0 Å². The van der Waals surface area contributed by atoms with E-state index in [0.717, 1.165) is 12.8 Å². The Morgan fingerprint density at radius 3 is 2.68 bits per heavy atom. The van der Waals surface area contributed by atoms with Crippen LogP contribution in [0.1, 0.15) is 12.8 Å². The highest BCUT2D eigenvalue weighted by atomic mass is 79.9. The molecule has 1 aromatic carbocycles. The third kappa shape index (κ3) is 2.47. The average Bonchev–Trinajstić information content (AvgIpc) is 3.17. The smallest absolute Gasteiger partial charge is 0.224 e. The van der Waals surface area contributed by atoms with Crippen LogP contribution in [0.3, 0.4) is 0 Å². The van der Waals surface area contributed by atoms with Gasteiger partial charge in [-0.2, -0.15) is 0 Å². The number of benzene rings is 1. The molecule has 0 atom stereocenters. The molecule has 1 heterocycles. The van der Waals surface area contributed by atoms with Gasteiger partial charge in [0.15, 0.2) is 5.75 Å². The van der Waals surface area contributed by atoms with E-state index in [1.54, 1.807) is 13.2 Å². The summed E-state index contributed by atoms with van der Waals surface area (Å²) in [5.41, 5.74) is 0.588. The van der Waals surface area contributed by atoms with E-state index in [4.69, 9.17) is 32.7 Å². The van der Waals surface area contributed by atoms with Crippen LogP contribution < -0.4 is 9.47 Å². The highest BCUT2D eigenvalue weighted by molar-refractivity contribution is 9.10. The number of halogens is 3. The molecular formula is C12H9BrCl2N2O2. The summed E-state index contributed by atoms with van der Waals surface area (Å²) in [5.74, 6) is 1.22. The predicted octanol–water partition coefficient (Wildman–Crippen LogP) is 4.25. The zero-order chi connectivity index (χ0) is 13.6. The Morgan fingerprint density at radius 2 is 2.05 bits per heavy atom. The second-order valence-corrected chi connectivity index (χ2v) is 5.71. The van der Waals surface area contributed by atoms with Gasteiger partial charge >= 0.3 is 0 Å². The lowest BCUT2D eigenvalue weighted by Gasteiger charge is -2.13. The molecule has 0 spiro atoms. The molecule has 19 heavy (non-hydrogen) atoms. The van der Waals surface area contributed by atoms with Crippen molar-refractivity contribution in [3.63, 3.8) is 0 Å². The molecule has 1 fully saturated rings. The Hall–Kier alpha value is -0.780. The molecule has 1 aromatic heterocycles. The van der Waals surface area contributed by atoms with E-state index in [1.165, 1.54) is 0 Å². The van der Waals surface area contributed by atoms with Crippen LogP contribution in [-0.4, -0.2) is 23.2 Å². The van der Waals surface area contributed by atoms with Gasteiger partial charge in [0.1, 0.15) is 20.9 Å². The van der Waals surface area contributed by atoms with Crippen molar-refractivity contribution >= 4 is 50.0 Å². The highest BCUT2D eigenvalue weighted by Crippen LogP contribution is 2.44. The molecule has 1 aliphatic carbocycles. The van der Waals surface area contributed by atoms with Crippen LogP contribution in [0.15, 0.2) is 10.5 Å². The van der Waals surface area contributed by atoms with Crippen molar-refractivity contribution in [1.29, 1.82) is 0 Å². The van der Waals surface area contributed by atoms with Gasteiger partial charge in [0.2, 0.25) is 5.28 Å². The Morgan fingerprint density at radius 1 is 1.32 bits per heavy atom. The van der Waals surface area contributed by atoms with Crippen LogP contribution >= 0.6 is 39.1 Å². The largest absolute Gasteiger partial charge is 0.495 e. The molecular weight excluding hydrogens is 355 g/mol. The van der Waals surface area contributed by atoms with E-state index >= 15 is 0 Å². The summed E-state index contributed by atoms with van der Waals surface area (Å²) in [6.07, 6.45) is 2.30. The highest BCUT2D eigenvalue weighted by Gasteiger charge is 2.27. The summed E-state index contributed by atoms with van der Waals surface area (Å²) >= 11 is 15.4. The van der Waals surface area contributed by atoms with Gasteiger partial charge in [0.05, 0.1) is 13.2 Å². The van der Waals surface area contributed by atoms with E-state index in [1.807, 2.05) is 0 Å². The van der Waals surface area contributed by atoms with Gasteiger partial charge in [0, 0.05) is 5.39 Å². The van der Waals surface area contributed by atoms with E-state index in [9.17, 15) is 0 Å². The van der Waals surface area contributed by atoms with Gasteiger partial charge in [-0.1, -0.05) is 11.6 Å². The van der Waals surface area contributed by atoms with E-state index in [-0.39, 0.29) is 16.5 Å². The molecule has 3 rings (SSSR count). The number of aromatic nitrogens is 2. The van der Waals surface area contributed by atoms with Crippen LogP contribution in [0, 0.1) is 0 Å². The Balaban J connectivity index is 2.30. The van der Waals surface area contributed by atoms with Crippen molar-refractivity contribution < 1.29 is 9.47 Å². The fourth-order valence-corrected chi connectivity index (χ4v) is 2.73. The third-order valence-corrected chi connectivity index (χ3v) is 4.01. The zero-order valence-electron chi connectivity index (χ0n) is 9.91. The molecule has 2 aromatic rings. The van der Waals surface area contributed by atoms with Crippen molar-refractivity contribution in [1.82, 2.24) is 9.97 Å². The molecule has 100 valence electrons. The summed E-state index contributed by atoms with van der Waals surface area (Å²) < 4.78 is 11.9. The first kappa shape index (κ1) is 13.2. The quantitative estimate of drug-likeness (QED) is 0.604. The Bertz CT molecular complexity index is 662. The van der Waals surface area contributed by atoms with Crippen LogP contribution in [0.2, 0.25) is 10.4 Å². The molecule has 0 bridgehead atoms. The average molecular weight is 364 g/mol. The zero-order valence-corrected chi connectivity index (χ0v) is 13.0. The first-order valence-corrected chi connectivity index (χ1v) is 7.21. The summed E-state index contributed by atoms with van der Waals surface area (Å²) in [6.45, 7) is 0. The molecule has 4 nitrogen and oxygen atoms in total. The lowest BCUT2D eigenvalue weighted by molar-refractivity contribution is 0.301. The van der Waals surface area contributed by atoms with Gasteiger partial charge in [-0.25, -0.2) is 9.97 Å². The van der Waals surface area contributed by atoms with Gasteiger partial charge < -0.3 is 9.47 Å². The molecule has 1 saturated carbocycles. The molecule has 0 unspecified atom stereocenters. The lowest BCUT2D eigenvalue weighted by Crippen LogP contribution is -2.01. The molecule has 0 radical (unpaired) electrons. The fraction of sp³-hybridized carbons (Fsp3) is 0.333. The van der Waals surface area contributed by atoms with Crippen LogP contribution in [-0.2, 0) is 0 Å². The third-order valence-electron chi connectivity index (χ3n) is 2.81. The molecule has 1 aliphatic rings. The molecule has 0 amide bonds. The monoisotopic (exact) mass is 362 g/mol. The second-order valence-electron chi connectivity index (χ2n) is 4.22. The van der Waals surface area contributed by atoms with Crippen molar-refractivity contribution in [2.24, 2.45) is 0 Å². The summed E-state index contributed by atoms with van der Waals surface area (Å²) in [6, 6.07) is 1.76. The topological polar surface area (TPSA) is 44.2 Å². The normalized spacial score (nSPS) is 14.7. The van der Waals surface area contributed by atoms with Crippen molar-refractivity contribution in [2.45, 2.75) is 18.9 Å². The standard InChI is InChI=1S/C12H9BrCl2N2O2/c1-18-7-4-6-9(16-12(15)17-11(6)14)10(8(7)13)19-5-2-3-5/h4-5H,2-3H2,1H3. The van der Waals surface area contributed by atoms with Crippen molar-refractivity contribution in [3.05, 3.63) is 21.0 Å². The van der Waals surface area contributed by atoms with Gasteiger partial charge in [0.25, 0.3) is 0 Å². The minimum absolute atomic E-state index is 0.0928. The molecule has 7 heteroatoms. The maximum atomic E-state index is 6.11.